The number of nitriles is 1. The molecule has 0 spiro atoms. The lowest BCUT2D eigenvalue weighted by Crippen LogP contribution is -2.17. The largest absolute Gasteiger partial charge is 0.342 e. The average Bonchev–Trinajstić information content (AvgIpc) is 2.92. The molecule has 2 aromatic rings. The predicted octanol–water partition coefficient (Wildman–Crippen LogP) is 1.48. The Labute approximate surface area is 107 Å². The number of rotatable bonds is 4. The van der Waals surface area contributed by atoms with Gasteiger partial charge in [-0.25, -0.2) is 0 Å². The number of aryl methyl sites for hydroxylation is 2. The minimum atomic E-state index is 0.240. The molecule has 0 fully saturated rings. The topological polar surface area (TPSA) is 58.6 Å². The van der Waals surface area contributed by atoms with E-state index in [1.165, 1.54) is 0 Å². The summed E-state index contributed by atoms with van der Waals surface area (Å²) in [5.74, 6) is 0. The van der Waals surface area contributed by atoms with Crippen molar-refractivity contribution in [3.8, 4) is 6.07 Å². The van der Waals surface area contributed by atoms with Crippen LogP contribution >= 0.6 is 0 Å². The zero-order chi connectivity index (χ0) is 13.1. The van der Waals surface area contributed by atoms with Crippen LogP contribution in [0.3, 0.4) is 0 Å². The predicted molar refractivity (Wildman–Crippen MR) is 68.6 cm³/mol. The van der Waals surface area contributed by atoms with E-state index in [0.717, 1.165) is 17.7 Å². The van der Waals surface area contributed by atoms with Crippen molar-refractivity contribution in [3.63, 3.8) is 0 Å². The van der Waals surface area contributed by atoms with Gasteiger partial charge in [0.1, 0.15) is 11.8 Å². The minimum absolute atomic E-state index is 0.240. The third-order valence-electron chi connectivity index (χ3n) is 3.01. The van der Waals surface area contributed by atoms with Gasteiger partial charge < -0.3 is 9.88 Å². The summed E-state index contributed by atoms with van der Waals surface area (Å²) in [6.45, 7) is 2.84. The molecule has 1 atom stereocenters. The highest BCUT2D eigenvalue weighted by Gasteiger charge is 2.08. The fourth-order valence-electron chi connectivity index (χ4n) is 1.89. The molecular formula is C13H17N5. The van der Waals surface area contributed by atoms with Crippen LogP contribution < -0.4 is 5.32 Å². The van der Waals surface area contributed by atoms with Crippen molar-refractivity contribution in [2.75, 3.05) is 0 Å². The van der Waals surface area contributed by atoms with Gasteiger partial charge in [0.15, 0.2) is 0 Å². The van der Waals surface area contributed by atoms with Crippen LogP contribution in [-0.2, 0) is 20.6 Å². The Balaban J connectivity index is 1.97. The molecule has 5 heteroatoms. The summed E-state index contributed by atoms with van der Waals surface area (Å²) in [5, 5.41) is 16.5. The van der Waals surface area contributed by atoms with Crippen LogP contribution in [0.1, 0.15) is 29.8 Å². The Kier molecular flexibility index (Phi) is 3.49. The molecule has 0 radical (unpaired) electrons. The molecule has 18 heavy (non-hydrogen) atoms. The van der Waals surface area contributed by atoms with E-state index in [-0.39, 0.29) is 6.04 Å². The van der Waals surface area contributed by atoms with E-state index in [1.807, 2.05) is 43.3 Å². The lowest BCUT2D eigenvalue weighted by atomic mass is 10.2. The van der Waals surface area contributed by atoms with Crippen molar-refractivity contribution in [2.45, 2.75) is 19.5 Å². The van der Waals surface area contributed by atoms with E-state index < -0.39 is 0 Å². The number of hydrogen-bond acceptors (Lipinski definition) is 3. The third-order valence-corrected chi connectivity index (χ3v) is 3.01. The first-order chi connectivity index (χ1) is 8.60. The number of aromatic nitrogens is 3. The molecule has 0 aromatic carbocycles. The summed E-state index contributed by atoms with van der Waals surface area (Å²) in [4.78, 5) is 0. The molecule has 0 aliphatic rings. The van der Waals surface area contributed by atoms with E-state index in [2.05, 4.69) is 23.4 Å². The Hall–Kier alpha value is -2.06. The smallest absolute Gasteiger partial charge is 0.120 e. The molecule has 0 aliphatic heterocycles. The Morgan fingerprint density at radius 1 is 1.44 bits per heavy atom. The molecule has 0 aliphatic carbocycles. The molecule has 94 valence electrons. The summed E-state index contributed by atoms with van der Waals surface area (Å²) in [6.07, 6.45) is 5.84. The summed E-state index contributed by atoms with van der Waals surface area (Å²) >= 11 is 0. The van der Waals surface area contributed by atoms with Crippen LogP contribution in [0.15, 0.2) is 24.7 Å². The second-order valence-electron chi connectivity index (χ2n) is 4.51. The first kappa shape index (κ1) is 12.4. The number of nitrogens with one attached hydrogen (secondary N) is 1. The Morgan fingerprint density at radius 2 is 2.22 bits per heavy atom. The standard InChI is InChI=1S/C13H17N5/c1-10(12-7-16-18(3)9-12)15-6-11-4-13(5-14)17(2)8-11/h4,7-10,15H,6H2,1-3H3. The quantitative estimate of drug-likeness (QED) is 0.885. The van der Waals surface area contributed by atoms with E-state index in [4.69, 9.17) is 5.26 Å². The van der Waals surface area contributed by atoms with Gasteiger partial charge in [0.2, 0.25) is 0 Å². The molecule has 0 saturated heterocycles. The lowest BCUT2D eigenvalue weighted by Gasteiger charge is -2.10. The number of nitrogens with zero attached hydrogens (tertiary/aromatic N) is 4. The van der Waals surface area contributed by atoms with Gasteiger partial charge in [-0.05, 0) is 18.6 Å². The monoisotopic (exact) mass is 243 g/mol. The Morgan fingerprint density at radius 3 is 2.78 bits per heavy atom. The first-order valence-electron chi connectivity index (χ1n) is 5.87. The van der Waals surface area contributed by atoms with E-state index in [9.17, 15) is 0 Å². The molecular weight excluding hydrogens is 226 g/mol. The Bertz CT molecular complexity index is 572. The summed E-state index contributed by atoms with van der Waals surface area (Å²) in [5.41, 5.74) is 2.96. The van der Waals surface area contributed by atoms with Crippen LogP contribution in [0, 0.1) is 11.3 Å². The van der Waals surface area contributed by atoms with Crippen molar-refractivity contribution < 1.29 is 0 Å². The maximum absolute atomic E-state index is 8.89. The van der Waals surface area contributed by atoms with Gasteiger partial charge in [0.05, 0.1) is 6.20 Å². The minimum Gasteiger partial charge on any atom is -0.342 e. The fourth-order valence-corrected chi connectivity index (χ4v) is 1.89. The maximum Gasteiger partial charge on any atom is 0.120 e. The zero-order valence-electron chi connectivity index (χ0n) is 10.9. The molecule has 0 bridgehead atoms. The van der Waals surface area contributed by atoms with Crippen LogP contribution in [0.25, 0.3) is 0 Å². The SMILES string of the molecule is CC(NCc1cc(C#N)n(C)c1)c1cnn(C)c1. The highest BCUT2D eigenvalue weighted by molar-refractivity contribution is 5.28. The van der Waals surface area contributed by atoms with Crippen molar-refractivity contribution in [2.24, 2.45) is 14.1 Å². The molecule has 0 saturated carbocycles. The fraction of sp³-hybridized carbons (Fsp3) is 0.385. The summed E-state index contributed by atoms with van der Waals surface area (Å²) in [7, 11) is 3.79. The van der Waals surface area contributed by atoms with Gasteiger partial charge >= 0.3 is 0 Å². The van der Waals surface area contributed by atoms with Crippen molar-refractivity contribution in [3.05, 3.63) is 41.5 Å². The van der Waals surface area contributed by atoms with E-state index in [1.54, 1.807) is 4.68 Å². The van der Waals surface area contributed by atoms with Gasteiger partial charge in [0.25, 0.3) is 0 Å². The first-order valence-corrected chi connectivity index (χ1v) is 5.87. The van der Waals surface area contributed by atoms with Gasteiger partial charge in [-0.1, -0.05) is 0 Å². The van der Waals surface area contributed by atoms with Gasteiger partial charge in [0, 0.05) is 44.6 Å². The van der Waals surface area contributed by atoms with E-state index in [0.29, 0.717) is 5.69 Å². The van der Waals surface area contributed by atoms with Crippen molar-refractivity contribution in [1.82, 2.24) is 19.7 Å². The third kappa shape index (κ3) is 2.60. The summed E-state index contributed by atoms with van der Waals surface area (Å²) in [6, 6.07) is 4.31. The van der Waals surface area contributed by atoms with Gasteiger partial charge in [-0.2, -0.15) is 10.4 Å². The van der Waals surface area contributed by atoms with Gasteiger partial charge in [-0.15, -0.1) is 0 Å². The highest BCUT2D eigenvalue weighted by atomic mass is 15.2. The van der Waals surface area contributed by atoms with Crippen LogP contribution in [-0.4, -0.2) is 14.3 Å². The maximum atomic E-state index is 8.89. The molecule has 2 heterocycles. The molecule has 1 unspecified atom stereocenters. The van der Waals surface area contributed by atoms with Crippen LogP contribution in [0.2, 0.25) is 0 Å². The van der Waals surface area contributed by atoms with E-state index >= 15 is 0 Å². The van der Waals surface area contributed by atoms with Crippen LogP contribution in [0.4, 0.5) is 0 Å². The number of hydrogen-bond donors (Lipinski definition) is 1. The zero-order valence-corrected chi connectivity index (χ0v) is 10.9. The molecule has 2 rings (SSSR count). The highest BCUT2D eigenvalue weighted by Crippen LogP contribution is 2.12. The molecule has 0 amide bonds. The van der Waals surface area contributed by atoms with Crippen LogP contribution in [0.5, 0.6) is 0 Å². The van der Waals surface area contributed by atoms with Crippen molar-refractivity contribution in [1.29, 1.82) is 5.26 Å². The van der Waals surface area contributed by atoms with Crippen molar-refractivity contribution >= 4 is 0 Å². The lowest BCUT2D eigenvalue weighted by molar-refractivity contribution is 0.574. The molecule has 2 aromatic heterocycles. The second kappa shape index (κ2) is 5.07. The average molecular weight is 243 g/mol. The van der Waals surface area contributed by atoms with Gasteiger partial charge in [-0.3, -0.25) is 4.68 Å². The second-order valence-corrected chi connectivity index (χ2v) is 4.51. The molecule has 1 N–H and O–H groups in total. The molecule has 5 nitrogen and oxygen atoms in total. The normalized spacial score (nSPS) is 12.3. The summed E-state index contributed by atoms with van der Waals surface area (Å²) < 4.78 is 3.63.